The minimum Gasteiger partial charge on any atom is -0.383 e. The van der Waals surface area contributed by atoms with E-state index in [0.717, 1.165) is 11.3 Å². The molecule has 0 aliphatic heterocycles. The maximum Gasteiger partial charge on any atom is 0.291 e. The normalized spacial score (nSPS) is 10.7. The Hall–Kier alpha value is -3.06. The van der Waals surface area contributed by atoms with Crippen LogP contribution in [0.3, 0.4) is 0 Å². The van der Waals surface area contributed by atoms with Crippen LogP contribution < -0.4 is 5.32 Å². The molecule has 1 heterocycles. The number of nitrogens with one attached hydrogen (secondary N) is 1. The minimum atomic E-state index is -0.392. The summed E-state index contributed by atoms with van der Waals surface area (Å²) >= 11 is 0. The second kappa shape index (κ2) is 7.88. The highest BCUT2D eigenvalue weighted by molar-refractivity contribution is 5.91. The van der Waals surface area contributed by atoms with Gasteiger partial charge in [0.25, 0.3) is 5.91 Å². The van der Waals surface area contributed by atoms with E-state index in [2.05, 4.69) is 15.4 Å². The molecule has 0 fully saturated rings. The third-order valence-electron chi connectivity index (χ3n) is 3.75. The summed E-state index contributed by atoms with van der Waals surface area (Å²) in [6.45, 7) is 2.73. The Balaban J connectivity index is 2.03. The van der Waals surface area contributed by atoms with E-state index >= 15 is 0 Å². The van der Waals surface area contributed by atoms with Gasteiger partial charge in [-0.25, -0.2) is 14.1 Å². The van der Waals surface area contributed by atoms with Crippen molar-refractivity contribution in [2.24, 2.45) is 0 Å². The molecule has 26 heavy (non-hydrogen) atoms. The van der Waals surface area contributed by atoms with Crippen molar-refractivity contribution >= 4 is 5.91 Å². The molecule has 1 amide bonds. The molecule has 6 nitrogen and oxygen atoms in total. The van der Waals surface area contributed by atoms with Crippen LogP contribution in [0.4, 0.5) is 4.39 Å². The summed E-state index contributed by atoms with van der Waals surface area (Å²) in [5.41, 5.74) is 2.48. The predicted octanol–water partition coefficient (Wildman–Crippen LogP) is 2.76. The number of amides is 1. The number of halogens is 1. The highest BCUT2D eigenvalue weighted by atomic mass is 19.1. The number of benzene rings is 2. The molecule has 2 aromatic carbocycles. The zero-order valence-electron chi connectivity index (χ0n) is 14.6. The van der Waals surface area contributed by atoms with Gasteiger partial charge in [-0.05, 0) is 48.9 Å². The monoisotopic (exact) mass is 354 g/mol. The van der Waals surface area contributed by atoms with Crippen molar-refractivity contribution in [3.63, 3.8) is 0 Å². The summed E-state index contributed by atoms with van der Waals surface area (Å²) in [7, 11) is 1.56. The largest absolute Gasteiger partial charge is 0.383 e. The second-order valence-corrected chi connectivity index (χ2v) is 5.77. The number of ether oxygens (including phenoxy) is 1. The number of carbonyl (C=O) groups excluding carboxylic acids is 1. The summed E-state index contributed by atoms with van der Waals surface area (Å²) in [5, 5.41) is 7.06. The van der Waals surface area contributed by atoms with Gasteiger partial charge in [-0.2, -0.15) is 0 Å². The van der Waals surface area contributed by atoms with Gasteiger partial charge in [-0.3, -0.25) is 4.79 Å². The molecule has 0 saturated carbocycles. The average molecular weight is 354 g/mol. The molecule has 0 saturated heterocycles. The van der Waals surface area contributed by atoms with Gasteiger partial charge in [-0.15, -0.1) is 5.10 Å². The maximum absolute atomic E-state index is 13.3. The fraction of sp³-hybridized carbons (Fsp3) is 0.211. The number of methoxy groups -OCH3 is 1. The number of carbonyl (C=O) groups is 1. The first kappa shape index (κ1) is 17.8. The fourth-order valence-electron chi connectivity index (χ4n) is 2.48. The molecule has 0 unspecified atom stereocenters. The number of aryl methyl sites for hydroxylation is 1. The van der Waals surface area contributed by atoms with E-state index in [-0.39, 0.29) is 11.6 Å². The quantitative estimate of drug-likeness (QED) is 0.691. The van der Waals surface area contributed by atoms with Crippen molar-refractivity contribution in [1.29, 1.82) is 0 Å². The van der Waals surface area contributed by atoms with Crippen LogP contribution in [0.15, 0.2) is 48.5 Å². The van der Waals surface area contributed by atoms with Gasteiger partial charge in [0.2, 0.25) is 5.82 Å². The molecule has 0 aliphatic rings. The highest BCUT2D eigenvalue weighted by Crippen LogP contribution is 2.22. The van der Waals surface area contributed by atoms with E-state index in [1.54, 1.807) is 23.9 Å². The van der Waals surface area contributed by atoms with E-state index in [1.807, 2.05) is 31.2 Å². The molecular weight excluding hydrogens is 335 g/mol. The third-order valence-corrected chi connectivity index (χ3v) is 3.75. The SMILES string of the molecule is COCCNC(=O)c1nc(-c2ccc(F)cc2)n(-c2cccc(C)c2)n1. The summed E-state index contributed by atoms with van der Waals surface area (Å²) in [4.78, 5) is 16.7. The Bertz CT molecular complexity index is 906. The third kappa shape index (κ3) is 3.94. The lowest BCUT2D eigenvalue weighted by Gasteiger charge is -2.06. The smallest absolute Gasteiger partial charge is 0.291 e. The second-order valence-electron chi connectivity index (χ2n) is 5.77. The van der Waals surface area contributed by atoms with E-state index in [1.165, 1.54) is 12.1 Å². The van der Waals surface area contributed by atoms with Crippen molar-refractivity contribution in [2.75, 3.05) is 20.3 Å². The number of rotatable bonds is 6. The van der Waals surface area contributed by atoms with Crippen molar-refractivity contribution < 1.29 is 13.9 Å². The lowest BCUT2D eigenvalue weighted by molar-refractivity contribution is 0.0927. The Morgan fingerprint density at radius 1 is 1.23 bits per heavy atom. The zero-order chi connectivity index (χ0) is 18.5. The van der Waals surface area contributed by atoms with Gasteiger partial charge in [0.05, 0.1) is 12.3 Å². The first-order chi connectivity index (χ1) is 12.6. The fourth-order valence-corrected chi connectivity index (χ4v) is 2.48. The van der Waals surface area contributed by atoms with Crippen molar-refractivity contribution in [3.05, 3.63) is 65.7 Å². The number of nitrogens with zero attached hydrogens (tertiary/aromatic N) is 3. The lowest BCUT2D eigenvalue weighted by atomic mass is 10.2. The van der Waals surface area contributed by atoms with Crippen LogP contribution >= 0.6 is 0 Å². The molecule has 134 valence electrons. The number of hydrogen-bond donors (Lipinski definition) is 1. The van der Waals surface area contributed by atoms with Crippen LogP contribution in [-0.2, 0) is 4.74 Å². The summed E-state index contributed by atoms with van der Waals surface area (Å²) in [6.07, 6.45) is 0. The summed E-state index contributed by atoms with van der Waals surface area (Å²) in [5.74, 6) is -0.223. The molecular formula is C19H19FN4O2. The zero-order valence-corrected chi connectivity index (χ0v) is 14.6. The van der Waals surface area contributed by atoms with Gasteiger partial charge in [0.15, 0.2) is 5.82 Å². The molecule has 3 aromatic rings. The molecule has 0 bridgehead atoms. The number of aromatic nitrogens is 3. The first-order valence-corrected chi connectivity index (χ1v) is 8.15. The van der Waals surface area contributed by atoms with E-state index in [9.17, 15) is 9.18 Å². The average Bonchev–Trinajstić information content (AvgIpc) is 3.08. The van der Waals surface area contributed by atoms with Crippen LogP contribution in [0.1, 0.15) is 16.2 Å². The van der Waals surface area contributed by atoms with Gasteiger partial charge >= 0.3 is 0 Å². The van der Waals surface area contributed by atoms with Crippen LogP contribution in [0.2, 0.25) is 0 Å². The highest BCUT2D eigenvalue weighted by Gasteiger charge is 2.18. The van der Waals surface area contributed by atoms with Crippen LogP contribution in [0, 0.1) is 12.7 Å². The molecule has 3 rings (SSSR count). The van der Waals surface area contributed by atoms with Gasteiger partial charge in [-0.1, -0.05) is 12.1 Å². The van der Waals surface area contributed by atoms with Crippen LogP contribution in [0.5, 0.6) is 0 Å². The molecule has 1 N–H and O–H groups in total. The standard InChI is InChI=1S/C19H19FN4O2/c1-13-4-3-5-16(12-13)24-18(14-6-8-15(20)9-7-14)22-17(23-24)19(25)21-10-11-26-2/h3-9,12H,10-11H2,1-2H3,(H,21,25). The predicted molar refractivity (Wildman–Crippen MR) is 95.7 cm³/mol. The Morgan fingerprint density at radius 2 is 2.00 bits per heavy atom. The molecule has 0 spiro atoms. The molecule has 1 aromatic heterocycles. The van der Waals surface area contributed by atoms with Gasteiger partial charge < -0.3 is 10.1 Å². The molecule has 0 atom stereocenters. The number of hydrogen-bond acceptors (Lipinski definition) is 4. The van der Waals surface area contributed by atoms with Crippen molar-refractivity contribution in [1.82, 2.24) is 20.1 Å². The summed E-state index contributed by atoms with van der Waals surface area (Å²) in [6, 6.07) is 13.6. The topological polar surface area (TPSA) is 69.0 Å². The van der Waals surface area contributed by atoms with E-state index in [4.69, 9.17) is 4.74 Å². The van der Waals surface area contributed by atoms with Crippen LogP contribution in [-0.4, -0.2) is 40.9 Å². The van der Waals surface area contributed by atoms with E-state index in [0.29, 0.717) is 24.5 Å². The van der Waals surface area contributed by atoms with Crippen molar-refractivity contribution in [2.45, 2.75) is 6.92 Å². The Labute approximate surface area is 150 Å². The van der Waals surface area contributed by atoms with Crippen molar-refractivity contribution in [3.8, 4) is 17.1 Å². The minimum absolute atomic E-state index is 0.0435. The lowest BCUT2D eigenvalue weighted by Crippen LogP contribution is -2.28. The first-order valence-electron chi connectivity index (χ1n) is 8.15. The maximum atomic E-state index is 13.3. The summed E-state index contributed by atoms with van der Waals surface area (Å²) < 4.78 is 19.8. The molecule has 7 heteroatoms. The Morgan fingerprint density at radius 3 is 2.69 bits per heavy atom. The van der Waals surface area contributed by atoms with Crippen LogP contribution in [0.25, 0.3) is 17.1 Å². The Kier molecular flexibility index (Phi) is 5.38. The molecule has 0 aliphatic carbocycles. The van der Waals surface area contributed by atoms with Gasteiger partial charge in [0.1, 0.15) is 5.82 Å². The van der Waals surface area contributed by atoms with E-state index < -0.39 is 5.91 Å². The van der Waals surface area contributed by atoms with Gasteiger partial charge in [0, 0.05) is 19.2 Å². The molecule has 0 radical (unpaired) electrons.